The largest absolute Gasteiger partial charge is 0.298 e. The molecule has 2 heterocycles. The predicted molar refractivity (Wildman–Crippen MR) is 104 cm³/mol. The summed E-state index contributed by atoms with van der Waals surface area (Å²) >= 11 is 11.5. The average molecular weight is 387 g/mol. The molecule has 0 saturated carbocycles. The van der Waals surface area contributed by atoms with Gasteiger partial charge in [-0.2, -0.15) is 5.10 Å². The SMILES string of the molecule is C=CCN1C(=O)C(=Cc2c(C)nn(-c3ccccc3)c2Cl)C(=O)NC1=S. The number of hydrogen-bond acceptors (Lipinski definition) is 4. The molecule has 0 aliphatic carbocycles. The van der Waals surface area contributed by atoms with Gasteiger partial charge in [-0.3, -0.25) is 19.8 Å². The van der Waals surface area contributed by atoms with Gasteiger partial charge in [-0.05, 0) is 37.4 Å². The molecule has 0 atom stereocenters. The maximum absolute atomic E-state index is 12.6. The number of halogens is 1. The van der Waals surface area contributed by atoms with E-state index in [-0.39, 0.29) is 17.2 Å². The minimum atomic E-state index is -0.566. The Hall–Kier alpha value is -2.77. The van der Waals surface area contributed by atoms with Gasteiger partial charge in [-0.15, -0.1) is 6.58 Å². The minimum Gasteiger partial charge on any atom is -0.298 e. The second-order valence-corrected chi connectivity index (χ2v) is 6.30. The Morgan fingerprint density at radius 3 is 2.65 bits per heavy atom. The molecule has 1 fully saturated rings. The van der Waals surface area contributed by atoms with Crippen molar-refractivity contribution in [2.75, 3.05) is 6.54 Å². The monoisotopic (exact) mass is 386 g/mol. The first-order valence-corrected chi connectivity index (χ1v) is 8.53. The molecule has 1 saturated heterocycles. The number of benzene rings is 1. The molecule has 0 radical (unpaired) electrons. The number of para-hydroxylation sites is 1. The molecule has 26 heavy (non-hydrogen) atoms. The zero-order chi connectivity index (χ0) is 18.8. The number of carbonyl (C=O) groups excluding carboxylic acids is 2. The van der Waals surface area contributed by atoms with E-state index in [1.54, 1.807) is 11.6 Å². The molecule has 132 valence electrons. The third-order valence-corrected chi connectivity index (χ3v) is 4.52. The molecule has 6 nitrogen and oxygen atoms in total. The predicted octanol–water partition coefficient (Wildman–Crippen LogP) is 2.65. The van der Waals surface area contributed by atoms with Crippen molar-refractivity contribution in [3.8, 4) is 5.69 Å². The summed E-state index contributed by atoms with van der Waals surface area (Å²) in [6.45, 7) is 5.56. The molecule has 1 aliphatic rings. The van der Waals surface area contributed by atoms with Crippen molar-refractivity contribution in [3.05, 3.63) is 65.0 Å². The maximum Gasteiger partial charge on any atom is 0.265 e. The van der Waals surface area contributed by atoms with Gasteiger partial charge in [0.2, 0.25) is 0 Å². The smallest absolute Gasteiger partial charge is 0.265 e. The number of rotatable bonds is 4. The number of nitrogens with one attached hydrogen (secondary N) is 1. The third kappa shape index (κ3) is 3.18. The summed E-state index contributed by atoms with van der Waals surface area (Å²) in [6, 6.07) is 9.34. The normalized spacial score (nSPS) is 16.2. The molecule has 1 aromatic heterocycles. The molecule has 2 amide bonds. The lowest BCUT2D eigenvalue weighted by atomic mass is 10.1. The molecule has 1 aliphatic heterocycles. The first-order chi connectivity index (χ1) is 12.4. The summed E-state index contributed by atoms with van der Waals surface area (Å²) in [4.78, 5) is 26.2. The second kappa shape index (κ2) is 7.23. The lowest BCUT2D eigenvalue weighted by Gasteiger charge is -2.27. The van der Waals surface area contributed by atoms with Gasteiger partial charge in [-0.1, -0.05) is 35.9 Å². The average Bonchev–Trinajstić information content (AvgIpc) is 2.90. The van der Waals surface area contributed by atoms with Gasteiger partial charge in [0.25, 0.3) is 11.8 Å². The van der Waals surface area contributed by atoms with Crippen LogP contribution in [-0.2, 0) is 9.59 Å². The van der Waals surface area contributed by atoms with Crippen LogP contribution >= 0.6 is 23.8 Å². The van der Waals surface area contributed by atoms with Crippen molar-refractivity contribution in [2.45, 2.75) is 6.92 Å². The lowest BCUT2D eigenvalue weighted by molar-refractivity contribution is -0.128. The number of nitrogens with zero attached hydrogens (tertiary/aromatic N) is 3. The number of thiocarbonyl (C=S) groups is 1. The van der Waals surface area contributed by atoms with Crippen LogP contribution in [0.4, 0.5) is 0 Å². The summed E-state index contributed by atoms with van der Waals surface area (Å²) in [5.41, 5.74) is 1.81. The highest BCUT2D eigenvalue weighted by atomic mass is 35.5. The Balaban J connectivity index is 2.05. The first kappa shape index (κ1) is 18.0. The van der Waals surface area contributed by atoms with Crippen molar-refractivity contribution < 1.29 is 9.59 Å². The third-order valence-electron chi connectivity index (χ3n) is 3.83. The Morgan fingerprint density at radius 2 is 2.00 bits per heavy atom. The Bertz CT molecular complexity index is 950. The molecule has 0 spiro atoms. The second-order valence-electron chi connectivity index (χ2n) is 5.56. The van der Waals surface area contributed by atoms with Crippen molar-refractivity contribution >= 4 is 46.8 Å². The molecule has 3 rings (SSSR count). The number of aryl methyl sites for hydroxylation is 1. The van der Waals surface area contributed by atoms with Crippen molar-refractivity contribution in [3.63, 3.8) is 0 Å². The Morgan fingerprint density at radius 1 is 1.31 bits per heavy atom. The highest BCUT2D eigenvalue weighted by molar-refractivity contribution is 7.80. The molecule has 1 aromatic carbocycles. The van der Waals surface area contributed by atoms with Crippen LogP contribution < -0.4 is 5.32 Å². The number of amides is 2. The van der Waals surface area contributed by atoms with Crippen LogP contribution in [0.1, 0.15) is 11.3 Å². The van der Waals surface area contributed by atoms with E-state index in [2.05, 4.69) is 17.0 Å². The van der Waals surface area contributed by atoms with Gasteiger partial charge in [-0.25, -0.2) is 4.68 Å². The highest BCUT2D eigenvalue weighted by Crippen LogP contribution is 2.26. The summed E-state index contributed by atoms with van der Waals surface area (Å²) < 4.78 is 1.56. The molecule has 8 heteroatoms. The quantitative estimate of drug-likeness (QED) is 0.379. The fraction of sp³-hybridized carbons (Fsp3) is 0.111. The topological polar surface area (TPSA) is 67.2 Å². The molecule has 1 N–H and O–H groups in total. The standard InChI is InChI=1S/C18H15ClN4O2S/c1-3-9-22-17(25)14(16(24)20-18(22)26)10-13-11(2)21-23(15(13)19)12-7-5-4-6-8-12/h3-8,10H,1,9H2,2H3,(H,20,24,26). The molecular formula is C18H15ClN4O2S. The maximum atomic E-state index is 12.6. The van der Waals surface area contributed by atoms with Gasteiger partial charge in [0.05, 0.1) is 11.4 Å². The van der Waals surface area contributed by atoms with Crippen LogP contribution in [0.5, 0.6) is 0 Å². The summed E-state index contributed by atoms with van der Waals surface area (Å²) in [5, 5.41) is 7.28. The van der Waals surface area contributed by atoms with E-state index in [9.17, 15) is 9.59 Å². The van der Waals surface area contributed by atoms with E-state index in [1.807, 2.05) is 30.3 Å². The van der Waals surface area contributed by atoms with Gasteiger partial charge < -0.3 is 0 Å². The summed E-state index contributed by atoms with van der Waals surface area (Å²) in [5.74, 6) is -1.06. The van der Waals surface area contributed by atoms with Crippen molar-refractivity contribution in [1.82, 2.24) is 20.0 Å². The zero-order valence-corrected chi connectivity index (χ0v) is 15.5. The highest BCUT2D eigenvalue weighted by Gasteiger charge is 2.33. The molecular weight excluding hydrogens is 372 g/mol. The Labute approximate surface area is 160 Å². The van der Waals surface area contributed by atoms with Crippen molar-refractivity contribution in [2.24, 2.45) is 0 Å². The van der Waals surface area contributed by atoms with Gasteiger partial charge in [0, 0.05) is 12.1 Å². The van der Waals surface area contributed by atoms with Crippen LogP contribution in [0.3, 0.4) is 0 Å². The summed E-state index contributed by atoms with van der Waals surface area (Å²) in [6.07, 6.45) is 2.98. The van der Waals surface area contributed by atoms with Crippen LogP contribution in [0.25, 0.3) is 11.8 Å². The van der Waals surface area contributed by atoms with E-state index < -0.39 is 11.8 Å². The Kier molecular flexibility index (Phi) is 5.01. The fourth-order valence-electron chi connectivity index (χ4n) is 2.55. The summed E-state index contributed by atoms with van der Waals surface area (Å²) in [7, 11) is 0. The van der Waals surface area contributed by atoms with E-state index in [4.69, 9.17) is 23.8 Å². The van der Waals surface area contributed by atoms with Gasteiger partial charge in [0.1, 0.15) is 10.7 Å². The van der Waals surface area contributed by atoms with Crippen molar-refractivity contribution in [1.29, 1.82) is 0 Å². The van der Waals surface area contributed by atoms with Crippen LogP contribution in [0.15, 0.2) is 48.6 Å². The molecule has 2 aromatic rings. The fourth-order valence-corrected chi connectivity index (χ4v) is 3.13. The minimum absolute atomic E-state index is 0.0554. The number of hydrogen-bond donors (Lipinski definition) is 1. The number of carbonyl (C=O) groups is 2. The number of aromatic nitrogens is 2. The van der Waals surface area contributed by atoms with Gasteiger partial charge >= 0.3 is 0 Å². The molecule has 0 bridgehead atoms. The van der Waals surface area contributed by atoms with Gasteiger partial charge in [0.15, 0.2) is 5.11 Å². The lowest BCUT2D eigenvalue weighted by Crippen LogP contribution is -2.53. The van der Waals surface area contributed by atoms with Crippen LogP contribution in [0, 0.1) is 6.92 Å². The van der Waals surface area contributed by atoms with Crippen LogP contribution in [0.2, 0.25) is 5.15 Å². The first-order valence-electron chi connectivity index (χ1n) is 7.74. The van der Waals surface area contributed by atoms with E-state index in [1.165, 1.54) is 17.1 Å². The van der Waals surface area contributed by atoms with E-state index >= 15 is 0 Å². The van der Waals surface area contributed by atoms with E-state index in [0.29, 0.717) is 16.4 Å². The van der Waals surface area contributed by atoms with Crippen LogP contribution in [-0.4, -0.2) is 38.2 Å². The van der Waals surface area contributed by atoms with E-state index in [0.717, 1.165) is 5.69 Å². The zero-order valence-electron chi connectivity index (χ0n) is 13.9. The molecule has 0 unspecified atom stereocenters.